The van der Waals surface area contributed by atoms with Gasteiger partial charge in [-0.3, -0.25) is 4.79 Å². The van der Waals surface area contributed by atoms with Crippen molar-refractivity contribution in [1.82, 2.24) is 25.0 Å². The van der Waals surface area contributed by atoms with Crippen LogP contribution in [0.25, 0.3) is 22.0 Å². The van der Waals surface area contributed by atoms with Crippen molar-refractivity contribution < 1.29 is 19.2 Å². The Kier molecular flexibility index (Phi) is 6.92. The number of nitrogens with zero attached hydrogens (tertiary/aromatic N) is 4. The third-order valence-electron chi connectivity index (χ3n) is 6.24. The zero-order valence-electron chi connectivity index (χ0n) is 21.2. The number of carbonyl (C=O) groups excluding carboxylic acids is 1. The summed E-state index contributed by atoms with van der Waals surface area (Å²) >= 11 is 6.59. The van der Waals surface area contributed by atoms with Crippen molar-refractivity contribution in [1.29, 1.82) is 0 Å². The van der Waals surface area contributed by atoms with Crippen molar-refractivity contribution in [3.8, 4) is 11.5 Å². The molecule has 2 aromatic carbocycles. The summed E-state index contributed by atoms with van der Waals surface area (Å²) in [5, 5.41) is 20.8. The lowest BCUT2D eigenvalue weighted by Gasteiger charge is -2.20. The molecule has 3 heterocycles. The highest BCUT2D eigenvalue weighted by Gasteiger charge is 2.26. The highest BCUT2D eigenvalue weighted by molar-refractivity contribution is 6.32. The molecule has 0 aliphatic rings. The van der Waals surface area contributed by atoms with E-state index in [1.54, 1.807) is 26.0 Å². The van der Waals surface area contributed by atoms with Crippen LogP contribution in [0.1, 0.15) is 19.5 Å². The SMILES string of the molecule is Cc1noc2cccc(Oc3ccc(Nc4ncnc5ccn(CCNC(=O)C(C)(C)CO)c45)cc3Cl)c12. The quantitative estimate of drug-likeness (QED) is 0.235. The number of aliphatic hydroxyl groups is 1. The second-order valence-corrected chi connectivity index (χ2v) is 9.94. The molecule has 1 amide bonds. The van der Waals surface area contributed by atoms with Gasteiger partial charge >= 0.3 is 0 Å². The number of halogens is 1. The molecule has 0 aliphatic heterocycles. The highest BCUT2D eigenvalue weighted by Crippen LogP contribution is 2.37. The van der Waals surface area contributed by atoms with E-state index < -0.39 is 5.41 Å². The normalized spacial score (nSPS) is 11.7. The number of carbonyl (C=O) groups is 1. The van der Waals surface area contributed by atoms with Crippen molar-refractivity contribution in [3.05, 3.63) is 65.7 Å². The van der Waals surface area contributed by atoms with Crippen LogP contribution < -0.4 is 15.4 Å². The van der Waals surface area contributed by atoms with E-state index in [1.807, 2.05) is 48.0 Å². The van der Waals surface area contributed by atoms with Gasteiger partial charge in [0.05, 0.1) is 33.6 Å². The summed E-state index contributed by atoms with van der Waals surface area (Å²) in [4.78, 5) is 21.1. The Balaban J connectivity index is 1.34. The number of hydrogen-bond acceptors (Lipinski definition) is 8. The first-order chi connectivity index (χ1) is 18.3. The number of anilines is 2. The Morgan fingerprint density at radius 3 is 2.82 bits per heavy atom. The highest BCUT2D eigenvalue weighted by atomic mass is 35.5. The monoisotopic (exact) mass is 534 g/mol. The van der Waals surface area contributed by atoms with E-state index in [0.29, 0.717) is 46.7 Å². The van der Waals surface area contributed by atoms with Crippen molar-refractivity contribution in [2.45, 2.75) is 27.3 Å². The van der Waals surface area contributed by atoms with Crippen LogP contribution in [-0.2, 0) is 11.3 Å². The van der Waals surface area contributed by atoms with Gasteiger partial charge in [-0.25, -0.2) is 9.97 Å². The number of amides is 1. The Morgan fingerprint density at radius 2 is 2.03 bits per heavy atom. The van der Waals surface area contributed by atoms with Crippen LogP contribution in [0.15, 0.2) is 59.5 Å². The van der Waals surface area contributed by atoms with E-state index in [1.165, 1.54) is 6.33 Å². The van der Waals surface area contributed by atoms with Crippen LogP contribution in [-0.4, -0.2) is 43.9 Å². The van der Waals surface area contributed by atoms with Gasteiger partial charge in [0.15, 0.2) is 11.4 Å². The molecule has 11 heteroatoms. The van der Waals surface area contributed by atoms with Crippen molar-refractivity contribution >= 4 is 51.0 Å². The molecular weight excluding hydrogens is 508 g/mol. The van der Waals surface area contributed by atoms with Crippen molar-refractivity contribution in [2.24, 2.45) is 5.41 Å². The van der Waals surface area contributed by atoms with E-state index in [4.69, 9.17) is 20.9 Å². The molecule has 0 aliphatic carbocycles. The topological polar surface area (TPSA) is 127 Å². The Morgan fingerprint density at radius 1 is 1.18 bits per heavy atom. The predicted molar refractivity (Wildman–Crippen MR) is 145 cm³/mol. The van der Waals surface area contributed by atoms with Crippen LogP contribution in [0.2, 0.25) is 5.02 Å². The smallest absolute Gasteiger partial charge is 0.228 e. The molecule has 196 valence electrons. The Bertz CT molecular complexity index is 1630. The maximum absolute atomic E-state index is 12.3. The summed E-state index contributed by atoms with van der Waals surface area (Å²) in [6.45, 7) is 5.91. The van der Waals surface area contributed by atoms with Crippen molar-refractivity contribution in [2.75, 3.05) is 18.5 Å². The van der Waals surface area contributed by atoms with Crippen LogP contribution in [0.5, 0.6) is 11.5 Å². The second kappa shape index (κ2) is 10.3. The number of aryl methyl sites for hydroxylation is 1. The minimum absolute atomic E-state index is 0.210. The molecule has 3 N–H and O–H groups in total. The van der Waals surface area contributed by atoms with E-state index in [9.17, 15) is 9.90 Å². The van der Waals surface area contributed by atoms with Gasteiger partial charge in [-0.15, -0.1) is 0 Å². The summed E-state index contributed by atoms with van der Waals surface area (Å²) in [6.07, 6.45) is 3.38. The van der Waals surface area contributed by atoms with E-state index in [-0.39, 0.29) is 12.5 Å². The number of aliphatic hydroxyl groups excluding tert-OH is 1. The fourth-order valence-corrected chi connectivity index (χ4v) is 4.24. The molecule has 5 rings (SSSR count). The number of rotatable bonds is 9. The minimum atomic E-state index is -0.843. The number of aromatic nitrogens is 4. The third-order valence-corrected chi connectivity index (χ3v) is 6.54. The number of ether oxygens (including phenoxy) is 1. The van der Waals surface area contributed by atoms with E-state index in [0.717, 1.165) is 22.1 Å². The first-order valence-electron chi connectivity index (χ1n) is 12.1. The summed E-state index contributed by atoms with van der Waals surface area (Å²) in [6, 6.07) is 12.8. The third kappa shape index (κ3) is 5.00. The largest absolute Gasteiger partial charge is 0.455 e. The summed E-state index contributed by atoms with van der Waals surface area (Å²) in [7, 11) is 0. The molecule has 0 radical (unpaired) electrons. The van der Waals surface area contributed by atoms with Gasteiger partial charge in [0.25, 0.3) is 0 Å². The molecule has 0 saturated heterocycles. The van der Waals surface area contributed by atoms with Crippen LogP contribution in [0.3, 0.4) is 0 Å². The van der Waals surface area contributed by atoms with Crippen molar-refractivity contribution in [3.63, 3.8) is 0 Å². The zero-order valence-corrected chi connectivity index (χ0v) is 21.9. The number of fused-ring (bicyclic) bond motifs is 2. The Hall–Kier alpha value is -4.15. The second-order valence-electron chi connectivity index (χ2n) is 9.53. The van der Waals surface area contributed by atoms with Gasteiger partial charge in [0, 0.05) is 25.0 Å². The first-order valence-corrected chi connectivity index (χ1v) is 12.4. The molecule has 0 atom stereocenters. The summed E-state index contributed by atoms with van der Waals surface area (Å²) < 4.78 is 13.4. The predicted octanol–water partition coefficient (Wildman–Crippen LogP) is 5.20. The molecule has 0 spiro atoms. The number of nitrogens with one attached hydrogen (secondary N) is 2. The van der Waals surface area contributed by atoms with Gasteiger partial charge in [-0.1, -0.05) is 22.8 Å². The maximum atomic E-state index is 12.3. The molecule has 5 aromatic rings. The average Bonchev–Trinajstić information content (AvgIpc) is 3.50. The molecular formula is C27H27ClN6O4. The summed E-state index contributed by atoms with van der Waals surface area (Å²) in [5.41, 5.74) is 2.79. The standard InChI is InChI=1S/C27H27ClN6O4/c1-16-23-21(5-4-6-22(23)38-33-16)37-20-8-7-17(13-18(20)28)32-25-24-19(30-15-31-25)9-11-34(24)12-10-29-26(36)27(2,3)14-35/h4-9,11,13,15,35H,10,12,14H2,1-3H3,(H,29,36)(H,30,31,32). The fraction of sp³-hybridized carbons (Fsp3) is 0.259. The molecule has 10 nitrogen and oxygen atoms in total. The molecule has 38 heavy (non-hydrogen) atoms. The number of benzene rings is 2. The van der Waals surface area contributed by atoms with Gasteiger partial charge in [0.1, 0.15) is 23.3 Å². The Labute approximate surface area is 223 Å². The lowest BCUT2D eigenvalue weighted by atomic mass is 9.94. The van der Waals surface area contributed by atoms with Gasteiger partial charge in [-0.2, -0.15) is 0 Å². The molecule has 0 saturated carbocycles. The van der Waals surface area contributed by atoms with Crippen LogP contribution >= 0.6 is 11.6 Å². The zero-order chi connectivity index (χ0) is 26.9. The minimum Gasteiger partial charge on any atom is -0.455 e. The maximum Gasteiger partial charge on any atom is 0.228 e. The van der Waals surface area contributed by atoms with Gasteiger partial charge < -0.3 is 29.6 Å². The van der Waals surface area contributed by atoms with Crippen LogP contribution in [0.4, 0.5) is 11.5 Å². The average molecular weight is 535 g/mol. The molecule has 0 unspecified atom stereocenters. The van der Waals surface area contributed by atoms with Crippen LogP contribution in [0, 0.1) is 12.3 Å². The molecule has 3 aromatic heterocycles. The van der Waals surface area contributed by atoms with Gasteiger partial charge in [0.2, 0.25) is 5.91 Å². The molecule has 0 bridgehead atoms. The van der Waals surface area contributed by atoms with E-state index >= 15 is 0 Å². The first kappa shape index (κ1) is 25.5. The number of hydrogen-bond donors (Lipinski definition) is 3. The van der Waals surface area contributed by atoms with Gasteiger partial charge in [-0.05, 0) is 57.2 Å². The lowest BCUT2D eigenvalue weighted by molar-refractivity contribution is -0.131. The van der Waals surface area contributed by atoms with E-state index in [2.05, 4.69) is 25.8 Å². The summed E-state index contributed by atoms with van der Waals surface area (Å²) in [5.74, 6) is 1.48. The lowest BCUT2D eigenvalue weighted by Crippen LogP contribution is -2.40. The molecule has 0 fully saturated rings. The fourth-order valence-electron chi connectivity index (χ4n) is 4.02.